The van der Waals surface area contributed by atoms with Crippen LogP contribution in [0.15, 0.2) is 18.2 Å². The largest absolute Gasteiger partial charge is 0.258 e. The summed E-state index contributed by atoms with van der Waals surface area (Å²) in [6.45, 7) is 5.88. The van der Waals surface area contributed by atoms with E-state index < -0.39 is 0 Å². The van der Waals surface area contributed by atoms with Gasteiger partial charge in [-0.25, -0.2) is 0 Å². The van der Waals surface area contributed by atoms with Crippen LogP contribution in [0.25, 0.3) is 0 Å². The summed E-state index contributed by atoms with van der Waals surface area (Å²) in [5, 5.41) is 0. The maximum Gasteiger partial charge on any atom is 0.0406 e. The Kier molecular flexibility index (Phi) is 2.43. The molecule has 1 rings (SSSR count). The van der Waals surface area contributed by atoms with Gasteiger partial charge in [0, 0.05) is 11.4 Å². The molecule has 0 unspecified atom stereocenters. The fourth-order valence-electron chi connectivity index (χ4n) is 0.865. The molecule has 0 aromatic carbocycles. The van der Waals surface area contributed by atoms with Gasteiger partial charge in [0.2, 0.25) is 0 Å². The predicted molar refractivity (Wildman–Crippen MR) is 42.7 cm³/mol. The number of nitrogens with zero attached hydrogens (tertiary/aromatic N) is 1. The highest BCUT2D eigenvalue weighted by molar-refractivity contribution is 5.11. The summed E-state index contributed by atoms with van der Waals surface area (Å²) in [7, 11) is 0. The maximum absolute atomic E-state index is 4.35. The molecule has 0 atom stereocenters. The first kappa shape index (κ1) is 7.26. The van der Waals surface area contributed by atoms with Crippen LogP contribution in [0, 0.1) is 6.92 Å². The lowest BCUT2D eigenvalue weighted by molar-refractivity contribution is 0.981. The Morgan fingerprint density at radius 3 is 2.70 bits per heavy atom. The Morgan fingerprint density at radius 2 is 2.10 bits per heavy atom. The fourth-order valence-corrected chi connectivity index (χ4v) is 0.865. The lowest BCUT2D eigenvalue weighted by atomic mass is 10.2. The molecule has 1 heterocycles. The third-order valence-electron chi connectivity index (χ3n) is 1.48. The molecular weight excluding hydrogens is 122 g/mol. The van der Waals surface area contributed by atoms with E-state index in [4.69, 9.17) is 0 Å². The van der Waals surface area contributed by atoms with Crippen LogP contribution in [0.5, 0.6) is 0 Å². The molecule has 0 N–H and O–H groups in total. The minimum absolute atomic E-state index is 0.786. The van der Waals surface area contributed by atoms with Crippen LogP contribution in [-0.4, -0.2) is 4.98 Å². The lowest BCUT2D eigenvalue weighted by Crippen LogP contribution is -1.91. The molecule has 0 aliphatic rings. The Bertz CT molecular complexity index is 186. The van der Waals surface area contributed by atoms with Crippen LogP contribution in [0.3, 0.4) is 0 Å². The van der Waals surface area contributed by atoms with Crippen molar-refractivity contribution in [1.82, 2.24) is 4.98 Å². The predicted octanol–water partition coefficient (Wildman–Crippen LogP) is 2.02. The van der Waals surface area contributed by atoms with E-state index in [0.717, 1.165) is 24.2 Å². The van der Waals surface area contributed by atoms with Crippen molar-refractivity contribution >= 4 is 0 Å². The summed E-state index contributed by atoms with van der Waals surface area (Å²) in [6, 6.07) is 6.08. The molecule has 1 aromatic rings. The summed E-state index contributed by atoms with van der Waals surface area (Å²) in [4.78, 5) is 4.35. The number of pyridine rings is 1. The zero-order valence-corrected chi connectivity index (χ0v) is 6.30. The minimum atomic E-state index is 0.786. The van der Waals surface area contributed by atoms with E-state index in [1.165, 1.54) is 0 Å². The zero-order chi connectivity index (χ0) is 7.40. The van der Waals surface area contributed by atoms with Crippen LogP contribution in [0.4, 0.5) is 0 Å². The first-order valence-corrected chi connectivity index (χ1v) is 3.61. The molecule has 0 aliphatic heterocycles. The van der Waals surface area contributed by atoms with Gasteiger partial charge in [0.15, 0.2) is 0 Å². The Morgan fingerprint density at radius 1 is 1.40 bits per heavy atom. The van der Waals surface area contributed by atoms with Gasteiger partial charge in [-0.15, -0.1) is 0 Å². The van der Waals surface area contributed by atoms with Crippen molar-refractivity contribution in [3.8, 4) is 0 Å². The Balaban J connectivity index is 2.87. The summed E-state index contributed by atoms with van der Waals surface area (Å²) >= 11 is 0. The number of aromatic nitrogens is 1. The van der Waals surface area contributed by atoms with Gasteiger partial charge in [0.05, 0.1) is 0 Å². The molecule has 0 fully saturated rings. The molecule has 0 aliphatic carbocycles. The monoisotopic (exact) mass is 134 g/mol. The van der Waals surface area contributed by atoms with E-state index >= 15 is 0 Å². The van der Waals surface area contributed by atoms with Crippen molar-refractivity contribution in [3.63, 3.8) is 0 Å². The minimum Gasteiger partial charge on any atom is -0.258 e. The molecule has 1 nitrogen and oxygen atoms in total. The van der Waals surface area contributed by atoms with Gasteiger partial charge in [0.25, 0.3) is 0 Å². The van der Waals surface area contributed by atoms with Crippen molar-refractivity contribution in [3.05, 3.63) is 36.5 Å². The molecule has 0 saturated carbocycles. The third kappa shape index (κ3) is 1.56. The Labute approximate surface area is 62.1 Å². The van der Waals surface area contributed by atoms with E-state index in [-0.39, 0.29) is 0 Å². The van der Waals surface area contributed by atoms with Crippen LogP contribution >= 0.6 is 0 Å². The van der Waals surface area contributed by atoms with E-state index in [2.05, 4.69) is 18.8 Å². The molecule has 0 spiro atoms. The topological polar surface area (TPSA) is 12.9 Å². The summed E-state index contributed by atoms with van der Waals surface area (Å²) in [5.41, 5.74) is 2.24. The lowest BCUT2D eigenvalue weighted by Gasteiger charge is -1.97. The molecule has 10 heavy (non-hydrogen) atoms. The number of hydrogen-bond acceptors (Lipinski definition) is 1. The van der Waals surface area contributed by atoms with Gasteiger partial charge in [0.1, 0.15) is 0 Å². The van der Waals surface area contributed by atoms with E-state index in [9.17, 15) is 0 Å². The second-order valence-corrected chi connectivity index (χ2v) is 2.22. The first-order valence-electron chi connectivity index (χ1n) is 3.61. The number of rotatable bonds is 2. The SMILES string of the molecule is [CH2]Cc1cccc(CC)n1. The maximum atomic E-state index is 4.35. The van der Waals surface area contributed by atoms with Gasteiger partial charge >= 0.3 is 0 Å². The molecule has 0 saturated heterocycles. The van der Waals surface area contributed by atoms with Crippen molar-refractivity contribution < 1.29 is 0 Å². The van der Waals surface area contributed by atoms with E-state index in [1.807, 2.05) is 18.2 Å². The summed E-state index contributed by atoms with van der Waals surface area (Å²) in [6.07, 6.45) is 1.79. The summed E-state index contributed by atoms with van der Waals surface area (Å²) < 4.78 is 0. The molecular formula is C9H12N. The molecule has 53 valence electrons. The second-order valence-electron chi connectivity index (χ2n) is 2.22. The van der Waals surface area contributed by atoms with Crippen LogP contribution in [-0.2, 0) is 12.8 Å². The third-order valence-corrected chi connectivity index (χ3v) is 1.48. The van der Waals surface area contributed by atoms with Gasteiger partial charge in [-0.05, 0) is 31.9 Å². The highest BCUT2D eigenvalue weighted by Gasteiger charge is 1.91. The average Bonchev–Trinajstić information content (AvgIpc) is 2.05. The van der Waals surface area contributed by atoms with Crippen LogP contribution < -0.4 is 0 Å². The van der Waals surface area contributed by atoms with Gasteiger partial charge < -0.3 is 0 Å². The first-order chi connectivity index (χ1) is 4.86. The van der Waals surface area contributed by atoms with Crippen molar-refractivity contribution in [2.75, 3.05) is 0 Å². The molecule has 0 bridgehead atoms. The molecule has 0 amide bonds. The average molecular weight is 134 g/mol. The quantitative estimate of drug-likeness (QED) is 0.603. The fraction of sp³-hybridized carbons (Fsp3) is 0.333. The van der Waals surface area contributed by atoms with Crippen molar-refractivity contribution in [2.45, 2.75) is 19.8 Å². The number of hydrogen-bond donors (Lipinski definition) is 0. The van der Waals surface area contributed by atoms with Gasteiger partial charge in [-0.3, -0.25) is 4.98 Å². The van der Waals surface area contributed by atoms with Crippen LogP contribution in [0.1, 0.15) is 18.3 Å². The summed E-state index contributed by atoms with van der Waals surface area (Å²) in [5.74, 6) is 0. The van der Waals surface area contributed by atoms with Crippen molar-refractivity contribution in [1.29, 1.82) is 0 Å². The van der Waals surface area contributed by atoms with E-state index in [1.54, 1.807) is 0 Å². The van der Waals surface area contributed by atoms with E-state index in [0.29, 0.717) is 0 Å². The Hall–Kier alpha value is -0.850. The highest BCUT2D eigenvalue weighted by atomic mass is 14.7. The van der Waals surface area contributed by atoms with Gasteiger partial charge in [-0.2, -0.15) is 0 Å². The molecule has 1 radical (unpaired) electrons. The van der Waals surface area contributed by atoms with Gasteiger partial charge in [-0.1, -0.05) is 13.0 Å². The standard InChI is InChI=1S/C9H12N/c1-3-8-6-5-7-9(4-2)10-8/h5-7H,1,3-4H2,2H3. The van der Waals surface area contributed by atoms with Crippen LogP contribution in [0.2, 0.25) is 0 Å². The smallest absolute Gasteiger partial charge is 0.0406 e. The zero-order valence-electron chi connectivity index (χ0n) is 6.30. The number of aryl methyl sites for hydroxylation is 1. The molecule has 1 heteroatoms. The highest BCUT2D eigenvalue weighted by Crippen LogP contribution is 1.99. The molecule has 1 aromatic heterocycles. The van der Waals surface area contributed by atoms with Crippen molar-refractivity contribution in [2.24, 2.45) is 0 Å². The normalized spacial score (nSPS) is 9.80. The second kappa shape index (κ2) is 3.35.